The molecule has 5 nitrogen and oxygen atoms in total. The van der Waals surface area contributed by atoms with Crippen LogP contribution in [0.25, 0.3) is 0 Å². The van der Waals surface area contributed by atoms with Gasteiger partial charge in [0.15, 0.2) is 6.10 Å². The van der Waals surface area contributed by atoms with Gasteiger partial charge < -0.3 is 15.0 Å². The zero-order valence-corrected chi connectivity index (χ0v) is 17.2. The Hall–Kier alpha value is -2.82. The highest BCUT2D eigenvalue weighted by atomic mass is 16.5. The van der Waals surface area contributed by atoms with Crippen LogP contribution in [0.3, 0.4) is 0 Å². The number of aryl methyl sites for hydroxylation is 3. The van der Waals surface area contributed by atoms with Crippen LogP contribution in [-0.4, -0.2) is 24.5 Å². The number of nitrogens with zero attached hydrogens (tertiary/aromatic N) is 1. The molecule has 2 aromatic rings. The Morgan fingerprint density at radius 2 is 1.83 bits per heavy atom. The van der Waals surface area contributed by atoms with Crippen molar-refractivity contribution in [3.8, 4) is 5.75 Å². The summed E-state index contributed by atoms with van der Waals surface area (Å²) >= 11 is 0. The largest absolute Gasteiger partial charge is 0.481 e. The van der Waals surface area contributed by atoms with E-state index in [2.05, 4.69) is 17.4 Å². The van der Waals surface area contributed by atoms with Gasteiger partial charge in [-0.25, -0.2) is 0 Å². The fourth-order valence-corrected chi connectivity index (χ4v) is 4.17. The van der Waals surface area contributed by atoms with E-state index in [0.717, 1.165) is 42.8 Å². The molecule has 0 saturated carbocycles. The normalized spacial score (nSPS) is 17.0. The molecule has 2 aliphatic rings. The first-order chi connectivity index (χ1) is 14.0. The molecule has 152 valence electrons. The summed E-state index contributed by atoms with van der Waals surface area (Å²) in [6.45, 7) is 4.47. The summed E-state index contributed by atoms with van der Waals surface area (Å²) < 4.78 is 5.91. The number of nitrogens with one attached hydrogen (secondary N) is 1. The standard InChI is InChI=1S/C24H28N2O3/c1-16-9-11-20(15-22(16)26-13-5-8-23(26)27)25-24(28)17(2)29-21-12-10-18-6-3-4-7-19(18)14-21/h9-12,14-15,17H,3-8,13H2,1-2H3,(H,25,28)/t17-/m0/s1. The van der Waals surface area contributed by atoms with Crippen molar-refractivity contribution in [2.75, 3.05) is 16.8 Å². The molecule has 2 aromatic carbocycles. The van der Waals surface area contributed by atoms with Gasteiger partial charge in [-0.15, -0.1) is 0 Å². The van der Waals surface area contributed by atoms with E-state index in [0.29, 0.717) is 12.1 Å². The third-order valence-electron chi connectivity index (χ3n) is 5.84. The lowest BCUT2D eigenvalue weighted by atomic mass is 9.92. The Balaban J connectivity index is 1.43. The second-order valence-corrected chi connectivity index (χ2v) is 8.04. The molecule has 0 aromatic heterocycles. The number of benzene rings is 2. The Morgan fingerprint density at radius 1 is 1.03 bits per heavy atom. The molecule has 29 heavy (non-hydrogen) atoms. The van der Waals surface area contributed by atoms with Crippen LogP contribution in [0.2, 0.25) is 0 Å². The molecule has 1 aliphatic heterocycles. The van der Waals surface area contributed by atoms with Gasteiger partial charge in [0.25, 0.3) is 5.91 Å². The topological polar surface area (TPSA) is 58.6 Å². The van der Waals surface area contributed by atoms with Crippen LogP contribution < -0.4 is 15.0 Å². The van der Waals surface area contributed by atoms with Gasteiger partial charge in [0.2, 0.25) is 5.91 Å². The number of ether oxygens (including phenoxy) is 1. The van der Waals surface area contributed by atoms with Crippen LogP contribution in [0, 0.1) is 6.92 Å². The summed E-state index contributed by atoms with van der Waals surface area (Å²) in [5, 5.41) is 2.93. The second-order valence-electron chi connectivity index (χ2n) is 8.04. The Labute approximate surface area is 172 Å². The summed E-state index contributed by atoms with van der Waals surface area (Å²) in [5.74, 6) is 0.673. The van der Waals surface area contributed by atoms with Gasteiger partial charge >= 0.3 is 0 Å². The number of anilines is 2. The van der Waals surface area contributed by atoms with Crippen molar-refractivity contribution >= 4 is 23.2 Å². The van der Waals surface area contributed by atoms with Gasteiger partial charge in [0.05, 0.1) is 0 Å². The molecule has 0 radical (unpaired) electrons. The third-order valence-corrected chi connectivity index (χ3v) is 5.84. The molecule has 0 bridgehead atoms. The minimum absolute atomic E-state index is 0.140. The van der Waals surface area contributed by atoms with Crippen molar-refractivity contribution in [1.29, 1.82) is 0 Å². The van der Waals surface area contributed by atoms with Crippen LogP contribution in [-0.2, 0) is 22.4 Å². The highest BCUT2D eigenvalue weighted by Crippen LogP contribution is 2.29. The van der Waals surface area contributed by atoms with Crippen LogP contribution in [0.4, 0.5) is 11.4 Å². The summed E-state index contributed by atoms with van der Waals surface area (Å²) in [7, 11) is 0. The Bertz CT molecular complexity index is 938. The molecular formula is C24H28N2O3. The molecule has 0 spiro atoms. The minimum Gasteiger partial charge on any atom is -0.481 e. The predicted octanol–water partition coefficient (Wildman–Crippen LogP) is 4.41. The summed E-state index contributed by atoms with van der Waals surface area (Å²) in [5.41, 5.74) is 5.30. The molecule has 1 heterocycles. The van der Waals surface area contributed by atoms with E-state index < -0.39 is 6.10 Å². The van der Waals surface area contributed by atoms with E-state index in [-0.39, 0.29) is 11.8 Å². The molecule has 2 amide bonds. The smallest absolute Gasteiger partial charge is 0.265 e. The fourth-order valence-electron chi connectivity index (χ4n) is 4.17. The zero-order valence-electron chi connectivity index (χ0n) is 17.2. The van der Waals surface area contributed by atoms with Gasteiger partial charge in [-0.2, -0.15) is 0 Å². The first-order valence-electron chi connectivity index (χ1n) is 10.5. The summed E-state index contributed by atoms with van der Waals surface area (Å²) in [4.78, 5) is 26.6. The van der Waals surface area contributed by atoms with E-state index >= 15 is 0 Å². The predicted molar refractivity (Wildman–Crippen MR) is 115 cm³/mol. The maximum Gasteiger partial charge on any atom is 0.265 e. The molecule has 1 atom stereocenters. The Morgan fingerprint density at radius 3 is 2.59 bits per heavy atom. The van der Waals surface area contributed by atoms with Gasteiger partial charge in [-0.1, -0.05) is 12.1 Å². The number of hydrogen-bond donors (Lipinski definition) is 1. The number of hydrogen-bond acceptors (Lipinski definition) is 3. The number of rotatable bonds is 5. The van der Waals surface area contributed by atoms with Crippen LogP contribution in [0.15, 0.2) is 36.4 Å². The van der Waals surface area contributed by atoms with Gasteiger partial charge in [0, 0.05) is 24.3 Å². The number of carbonyl (C=O) groups is 2. The zero-order chi connectivity index (χ0) is 20.4. The van der Waals surface area contributed by atoms with Crippen molar-refractivity contribution in [3.63, 3.8) is 0 Å². The number of fused-ring (bicyclic) bond motifs is 1. The maximum atomic E-state index is 12.7. The van der Waals surface area contributed by atoms with Crippen LogP contribution in [0.1, 0.15) is 49.3 Å². The summed E-state index contributed by atoms with van der Waals surface area (Å²) in [6.07, 6.45) is 5.50. The van der Waals surface area contributed by atoms with Crippen molar-refractivity contribution in [2.24, 2.45) is 0 Å². The summed E-state index contributed by atoms with van der Waals surface area (Å²) in [6, 6.07) is 11.8. The van der Waals surface area contributed by atoms with Crippen LogP contribution >= 0.6 is 0 Å². The quantitative estimate of drug-likeness (QED) is 0.820. The third kappa shape index (κ3) is 4.29. The lowest BCUT2D eigenvalue weighted by Gasteiger charge is -2.21. The molecule has 1 N–H and O–H groups in total. The molecule has 1 saturated heterocycles. The highest BCUT2D eigenvalue weighted by Gasteiger charge is 2.24. The number of carbonyl (C=O) groups excluding carboxylic acids is 2. The van der Waals surface area contributed by atoms with Gasteiger partial charge in [0.1, 0.15) is 5.75 Å². The average Bonchev–Trinajstić information content (AvgIpc) is 3.15. The van der Waals surface area contributed by atoms with E-state index in [4.69, 9.17) is 4.74 Å². The molecule has 4 rings (SSSR count). The Kier molecular flexibility index (Phi) is 5.56. The highest BCUT2D eigenvalue weighted by molar-refractivity contribution is 5.98. The lowest BCUT2D eigenvalue weighted by molar-refractivity contribution is -0.122. The molecule has 1 aliphatic carbocycles. The van der Waals surface area contributed by atoms with E-state index in [1.165, 1.54) is 24.0 Å². The first kappa shape index (κ1) is 19.5. The fraction of sp³-hybridized carbons (Fsp3) is 0.417. The minimum atomic E-state index is -0.616. The van der Waals surface area contributed by atoms with Crippen molar-refractivity contribution in [2.45, 2.75) is 58.5 Å². The molecule has 1 fully saturated rings. The van der Waals surface area contributed by atoms with E-state index in [9.17, 15) is 9.59 Å². The van der Waals surface area contributed by atoms with Crippen molar-refractivity contribution in [3.05, 3.63) is 53.1 Å². The molecular weight excluding hydrogens is 364 g/mol. The molecule has 0 unspecified atom stereocenters. The number of amides is 2. The lowest BCUT2D eigenvalue weighted by Crippen LogP contribution is -2.30. The van der Waals surface area contributed by atoms with E-state index in [1.54, 1.807) is 11.8 Å². The molecule has 5 heteroatoms. The monoisotopic (exact) mass is 392 g/mol. The van der Waals surface area contributed by atoms with Crippen molar-refractivity contribution < 1.29 is 14.3 Å². The van der Waals surface area contributed by atoms with Gasteiger partial charge in [-0.05, 0) is 86.9 Å². The van der Waals surface area contributed by atoms with Crippen LogP contribution in [0.5, 0.6) is 5.75 Å². The SMILES string of the molecule is Cc1ccc(NC(=O)[C@H](C)Oc2ccc3c(c2)CCCC3)cc1N1CCCC1=O. The average molecular weight is 392 g/mol. The van der Waals surface area contributed by atoms with Crippen molar-refractivity contribution in [1.82, 2.24) is 0 Å². The van der Waals surface area contributed by atoms with Gasteiger partial charge in [-0.3, -0.25) is 9.59 Å². The first-order valence-corrected chi connectivity index (χ1v) is 10.5. The second kappa shape index (κ2) is 8.27. The van der Waals surface area contributed by atoms with E-state index in [1.807, 2.05) is 31.2 Å². The maximum absolute atomic E-state index is 12.7.